The lowest BCUT2D eigenvalue weighted by atomic mass is 9.39. The highest BCUT2D eigenvalue weighted by Crippen LogP contribution is 2.74. The van der Waals surface area contributed by atoms with Gasteiger partial charge in [-0.3, -0.25) is 0 Å². The van der Waals surface area contributed by atoms with Crippen LogP contribution in [0.15, 0.2) is 23.8 Å². The molecule has 9 heteroatoms. The monoisotopic (exact) mass is 634 g/mol. The molecule has 0 aromatic heterocycles. The average molecular weight is 635 g/mol. The Morgan fingerprint density at radius 1 is 1.04 bits per heavy atom. The molecule has 1 unspecified atom stereocenters. The van der Waals surface area contributed by atoms with Gasteiger partial charge >= 0.3 is 0 Å². The first-order chi connectivity index (χ1) is 20.9. The number of rotatable bonds is 8. The van der Waals surface area contributed by atoms with Crippen molar-refractivity contribution >= 4 is 6.29 Å². The van der Waals surface area contributed by atoms with E-state index in [-0.39, 0.29) is 29.3 Å². The molecule has 5 rings (SSSR count). The zero-order valence-corrected chi connectivity index (χ0v) is 28.2. The number of carbonyl (C=O) groups excluding carboxylic acids is 1. The summed E-state index contributed by atoms with van der Waals surface area (Å²) >= 11 is 0. The average Bonchev–Trinajstić information content (AvgIpc) is 3.25. The first kappa shape index (κ1) is 35.1. The molecular formula is C36H58O9. The largest absolute Gasteiger partial charge is 0.394 e. The van der Waals surface area contributed by atoms with Gasteiger partial charge in [0.15, 0.2) is 6.29 Å². The normalized spacial score (nSPS) is 50.8. The van der Waals surface area contributed by atoms with Crippen molar-refractivity contribution in [2.24, 2.45) is 45.8 Å². The van der Waals surface area contributed by atoms with Gasteiger partial charge in [0.1, 0.15) is 24.1 Å². The zero-order chi connectivity index (χ0) is 33.3. The Hall–Kier alpha value is -1.17. The van der Waals surface area contributed by atoms with Crippen LogP contribution in [0.5, 0.6) is 0 Å². The van der Waals surface area contributed by atoms with Crippen molar-refractivity contribution in [1.29, 1.82) is 0 Å². The van der Waals surface area contributed by atoms with E-state index in [0.29, 0.717) is 36.7 Å². The summed E-state index contributed by atoms with van der Waals surface area (Å²) in [6.07, 6.45) is 6.70. The summed E-state index contributed by atoms with van der Waals surface area (Å²) in [4.78, 5) is 13.2. The Morgan fingerprint density at radius 2 is 1.73 bits per heavy atom. The standard InChI is InChI=1S/C36H58O9/c1-20(9-8-13-32(3,4)45-31-29(42)21(2)28(41)26(18-37)44-31)22-12-14-34(6)30-25(39)17-24-23(10-11-27(40)35(24,7)43)36(30,19-38)16-15-33(22,34)5/h8,13,17,19-23,25-31,37,39-43H,9-12,14-16,18H2,1-7H3/b13-8+/t20-,21-,22-,23?,25+,26+,27+,28-,29+,30+,31-,33-,34+,35-,36-/m1/s1. The summed E-state index contributed by atoms with van der Waals surface area (Å²) in [7, 11) is 0. The van der Waals surface area contributed by atoms with Crippen LogP contribution in [0.3, 0.4) is 0 Å². The molecular weight excluding hydrogens is 576 g/mol. The first-order valence-corrected chi connectivity index (χ1v) is 17.1. The highest BCUT2D eigenvalue weighted by Gasteiger charge is 2.71. The fourth-order valence-corrected chi connectivity index (χ4v) is 10.8. The number of aliphatic hydroxyl groups is 6. The number of carbonyl (C=O) groups is 1. The Morgan fingerprint density at radius 3 is 2.38 bits per heavy atom. The van der Waals surface area contributed by atoms with Gasteiger partial charge in [-0.25, -0.2) is 0 Å². The van der Waals surface area contributed by atoms with Crippen LogP contribution in [0, 0.1) is 45.8 Å². The second kappa shape index (κ2) is 12.1. The SMILES string of the molecule is C[C@H]1[C@H](O)[C@@H](OC(C)(C)/C=C/C[C@@H](C)[C@H]2CC[C@@]3(C)[C@@H]4[C@@H](O)C=C5C(CC[C@H](O)[C@]5(C)O)[C@]4(C=O)CC[C@]23C)O[C@@H](CO)[C@@H]1O. The number of aldehydes is 1. The molecule has 4 aliphatic carbocycles. The van der Waals surface area contributed by atoms with Crippen molar-refractivity contribution in [1.82, 2.24) is 0 Å². The molecule has 45 heavy (non-hydrogen) atoms. The smallest absolute Gasteiger partial charge is 0.185 e. The van der Waals surface area contributed by atoms with Crippen molar-refractivity contribution in [2.45, 2.75) is 141 Å². The fraction of sp³-hybridized carbons (Fsp3) is 0.861. The summed E-state index contributed by atoms with van der Waals surface area (Å²) in [5, 5.41) is 64.2. The van der Waals surface area contributed by atoms with Crippen molar-refractivity contribution in [3.8, 4) is 0 Å². The minimum absolute atomic E-state index is 0.0944. The lowest BCUT2D eigenvalue weighted by molar-refractivity contribution is -0.306. The predicted octanol–water partition coefficient (Wildman–Crippen LogP) is 3.28. The molecule has 0 spiro atoms. The third kappa shape index (κ3) is 5.41. The Kier molecular flexibility index (Phi) is 9.42. The van der Waals surface area contributed by atoms with E-state index in [1.807, 2.05) is 19.9 Å². The predicted molar refractivity (Wildman–Crippen MR) is 169 cm³/mol. The van der Waals surface area contributed by atoms with Gasteiger partial charge in [0, 0.05) is 17.3 Å². The van der Waals surface area contributed by atoms with Gasteiger partial charge in [-0.2, -0.15) is 0 Å². The molecule has 0 bridgehead atoms. The van der Waals surface area contributed by atoms with Gasteiger partial charge in [-0.15, -0.1) is 0 Å². The Balaban J connectivity index is 1.31. The third-order valence-corrected chi connectivity index (χ3v) is 13.7. The summed E-state index contributed by atoms with van der Waals surface area (Å²) in [6.45, 7) is 13.7. The molecule has 0 radical (unpaired) electrons. The lowest BCUT2D eigenvalue weighted by Gasteiger charge is -2.65. The molecule has 0 aromatic rings. The number of allylic oxidation sites excluding steroid dienone is 1. The molecule has 6 N–H and O–H groups in total. The van der Waals surface area contributed by atoms with E-state index in [1.165, 1.54) is 0 Å². The molecule has 256 valence electrons. The van der Waals surface area contributed by atoms with Crippen molar-refractivity contribution < 1.29 is 44.9 Å². The Bertz CT molecular complexity index is 1160. The highest BCUT2D eigenvalue weighted by molar-refractivity contribution is 5.65. The van der Waals surface area contributed by atoms with Gasteiger partial charge in [0.25, 0.3) is 0 Å². The van der Waals surface area contributed by atoms with Crippen molar-refractivity contribution in [3.05, 3.63) is 23.8 Å². The molecule has 0 amide bonds. The quantitative estimate of drug-likeness (QED) is 0.174. The van der Waals surface area contributed by atoms with Crippen LogP contribution in [0.2, 0.25) is 0 Å². The minimum atomic E-state index is -1.45. The molecule has 1 aliphatic heterocycles. The van der Waals surface area contributed by atoms with Crippen molar-refractivity contribution in [3.63, 3.8) is 0 Å². The fourth-order valence-electron chi connectivity index (χ4n) is 10.8. The molecule has 1 saturated heterocycles. The van der Waals surface area contributed by atoms with Crippen LogP contribution < -0.4 is 0 Å². The van der Waals surface area contributed by atoms with Crippen LogP contribution in [0.25, 0.3) is 0 Å². The van der Waals surface area contributed by atoms with E-state index in [0.717, 1.165) is 32.0 Å². The first-order valence-electron chi connectivity index (χ1n) is 17.1. The van der Waals surface area contributed by atoms with Gasteiger partial charge < -0.3 is 44.9 Å². The summed E-state index contributed by atoms with van der Waals surface area (Å²) in [5.41, 5.74) is -2.73. The van der Waals surface area contributed by atoms with E-state index in [4.69, 9.17) is 9.47 Å². The highest BCUT2D eigenvalue weighted by atomic mass is 16.7. The van der Waals surface area contributed by atoms with E-state index in [9.17, 15) is 35.4 Å². The maximum absolute atomic E-state index is 13.2. The van der Waals surface area contributed by atoms with Gasteiger partial charge in [-0.1, -0.05) is 45.9 Å². The van der Waals surface area contributed by atoms with E-state index in [1.54, 1.807) is 19.9 Å². The maximum Gasteiger partial charge on any atom is 0.185 e. The zero-order valence-electron chi connectivity index (χ0n) is 28.2. The maximum atomic E-state index is 13.2. The third-order valence-electron chi connectivity index (χ3n) is 13.7. The van der Waals surface area contributed by atoms with Crippen LogP contribution >= 0.6 is 0 Å². The minimum Gasteiger partial charge on any atom is -0.394 e. The molecule has 5 aliphatic rings. The molecule has 3 saturated carbocycles. The second-order valence-corrected chi connectivity index (χ2v) is 16.5. The molecule has 1 heterocycles. The number of ether oxygens (including phenoxy) is 2. The molecule has 15 atom stereocenters. The van der Waals surface area contributed by atoms with Gasteiger partial charge in [0.05, 0.1) is 30.5 Å². The van der Waals surface area contributed by atoms with E-state index in [2.05, 4.69) is 26.8 Å². The van der Waals surface area contributed by atoms with E-state index >= 15 is 0 Å². The second-order valence-electron chi connectivity index (χ2n) is 16.5. The van der Waals surface area contributed by atoms with E-state index < -0.39 is 59.3 Å². The topological polar surface area (TPSA) is 157 Å². The van der Waals surface area contributed by atoms with Crippen LogP contribution in [-0.4, -0.2) is 91.5 Å². The van der Waals surface area contributed by atoms with Gasteiger partial charge in [0.2, 0.25) is 0 Å². The number of aliphatic hydroxyl groups excluding tert-OH is 5. The lowest BCUT2D eigenvalue weighted by Crippen LogP contribution is -2.65. The molecule has 9 nitrogen and oxygen atoms in total. The summed E-state index contributed by atoms with van der Waals surface area (Å²) < 4.78 is 11.8. The number of fused-ring (bicyclic) bond motifs is 5. The summed E-state index contributed by atoms with van der Waals surface area (Å²) in [5.74, 6) is -0.238. The molecule has 0 aromatic carbocycles. The molecule has 4 fully saturated rings. The number of hydrogen-bond donors (Lipinski definition) is 6. The summed E-state index contributed by atoms with van der Waals surface area (Å²) in [6, 6.07) is 0. The van der Waals surface area contributed by atoms with Crippen molar-refractivity contribution in [2.75, 3.05) is 6.61 Å². The van der Waals surface area contributed by atoms with Crippen LogP contribution in [0.1, 0.15) is 93.4 Å². The number of hydrogen-bond acceptors (Lipinski definition) is 9. The van der Waals surface area contributed by atoms with Crippen LogP contribution in [-0.2, 0) is 14.3 Å². The van der Waals surface area contributed by atoms with Crippen LogP contribution in [0.4, 0.5) is 0 Å². The van der Waals surface area contributed by atoms with Gasteiger partial charge in [-0.05, 0) is 99.9 Å². The Labute approximate surface area is 268 Å².